The van der Waals surface area contributed by atoms with Crippen LogP contribution in [0, 0.1) is 18.6 Å². The SMILES string of the molecule is CC1=CC(C)(C)c2c(n(-c3ccccc3C)c(=S)n(-c3ccccc3C)c2=O)O1. The van der Waals surface area contributed by atoms with E-state index in [1.54, 1.807) is 4.57 Å². The first-order valence-electron chi connectivity index (χ1n) is 9.64. The molecular weight excluding hydrogens is 380 g/mol. The van der Waals surface area contributed by atoms with Crippen molar-refractivity contribution >= 4 is 12.2 Å². The van der Waals surface area contributed by atoms with E-state index in [4.69, 9.17) is 17.0 Å². The fourth-order valence-electron chi connectivity index (χ4n) is 4.05. The second kappa shape index (κ2) is 6.85. The van der Waals surface area contributed by atoms with Gasteiger partial charge in [-0.3, -0.25) is 13.9 Å². The summed E-state index contributed by atoms with van der Waals surface area (Å²) in [6.45, 7) is 9.99. The van der Waals surface area contributed by atoms with Gasteiger partial charge in [0.2, 0.25) is 5.88 Å². The molecule has 4 rings (SSSR count). The van der Waals surface area contributed by atoms with E-state index in [1.807, 2.05) is 93.8 Å². The van der Waals surface area contributed by atoms with Crippen LogP contribution in [-0.4, -0.2) is 9.13 Å². The van der Waals surface area contributed by atoms with Crippen molar-refractivity contribution in [2.45, 2.75) is 40.0 Å². The van der Waals surface area contributed by atoms with Gasteiger partial charge in [-0.25, -0.2) is 0 Å². The van der Waals surface area contributed by atoms with E-state index < -0.39 is 5.41 Å². The molecule has 29 heavy (non-hydrogen) atoms. The standard InChI is InChI=1S/C24H24N2O2S/c1-15-10-6-8-12-18(15)25-21(27)20-22(28-17(3)14-24(20,4)5)26(23(25)29)19-13-9-7-11-16(19)2/h6-14H,1-5H3. The van der Waals surface area contributed by atoms with Gasteiger partial charge >= 0.3 is 0 Å². The van der Waals surface area contributed by atoms with Crippen molar-refractivity contribution < 1.29 is 4.74 Å². The zero-order valence-corrected chi connectivity index (χ0v) is 18.1. The van der Waals surface area contributed by atoms with E-state index in [0.29, 0.717) is 16.2 Å². The average Bonchev–Trinajstić information content (AvgIpc) is 2.63. The minimum absolute atomic E-state index is 0.141. The lowest BCUT2D eigenvalue weighted by atomic mass is 9.83. The Hall–Kier alpha value is -2.92. The second-order valence-electron chi connectivity index (χ2n) is 8.09. The summed E-state index contributed by atoms with van der Waals surface area (Å²) in [7, 11) is 0. The van der Waals surface area contributed by atoms with Gasteiger partial charge in [-0.15, -0.1) is 0 Å². The summed E-state index contributed by atoms with van der Waals surface area (Å²) in [4.78, 5) is 13.8. The Bertz CT molecular complexity index is 1280. The zero-order chi connectivity index (χ0) is 20.9. The third-order valence-corrected chi connectivity index (χ3v) is 5.76. The van der Waals surface area contributed by atoms with Crippen molar-refractivity contribution in [3.63, 3.8) is 0 Å². The number of para-hydroxylation sites is 2. The Kier molecular flexibility index (Phi) is 4.58. The van der Waals surface area contributed by atoms with Gasteiger partial charge in [0.05, 0.1) is 22.7 Å². The van der Waals surface area contributed by atoms with E-state index in [0.717, 1.165) is 28.3 Å². The molecule has 2 heterocycles. The molecule has 0 radical (unpaired) electrons. The molecular formula is C24H24N2O2S. The van der Waals surface area contributed by atoms with Crippen LogP contribution in [-0.2, 0) is 5.41 Å². The fraction of sp³-hybridized carbons (Fsp3) is 0.250. The number of fused-ring (bicyclic) bond motifs is 1. The van der Waals surface area contributed by atoms with E-state index in [2.05, 4.69) is 0 Å². The van der Waals surface area contributed by atoms with Gasteiger partial charge in [0.25, 0.3) is 5.56 Å². The molecule has 0 unspecified atom stereocenters. The molecule has 0 fully saturated rings. The number of ether oxygens (including phenoxy) is 1. The van der Waals surface area contributed by atoms with Crippen LogP contribution in [0.1, 0.15) is 37.5 Å². The maximum absolute atomic E-state index is 13.8. The Morgan fingerprint density at radius 3 is 1.93 bits per heavy atom. The number of aromatic nitrogens is 2. The largest absolute Gasteiger partial charge is 0.445 e. The monoisotopic (exact) mass is 404 g/mol. The summed E-state index contributed by atoms with van der Waals surface area (Å²) in [5, 5.41) is 0. The Labute approximate surface area is 175 Å². The smallest absolute Gasteiger partial charge is 0.266 e. The predicted molar refractivity (Wildman–Crippen MR) is 119 cm³/mol. The van der Waals surface area contributed by atoms with Gasteiger partial charge in [-0.05, 0) is 62.3 Å². The van der Waals surface area contributed by atoms with Crippen LogP contribution in [0.5, 0.6) is 5.88 Å². The van der Waals surface area contributed by atoms with E-state index in [1.165, 1.54) is 0 Å². The van der Waals surface area contributed by atoms with Gasteiger partial charge in [0, 0.05) is 5.41 Å². The number of nitrogens with zero attached hydrogens (tertiary/aromatic N) is 2. The topological polar surface area (TPSA) is 36.2 Å². The van der Waals surface area contributed by atoms with Crippen LogP contribution in [0.4, 0.5) is 0 Å². The number of hydrogen-bond acceptors (Lipinski definition) is 3. The van der Waals surface area contributed by atoms with E-state index in [-0.39, 0.29) is 5.56 Å². The maximum atomic E-state index is 13.8. The highest BCUT2D eigenvalue weighted by atomic mass is 32.1. The molecule has 0 saturated carbocycles. The summed E-state index contributed by atoms with van der Waals surface area (Å²) < 4.78 is 10.1. The van der Waals surface area contributed by atoms with Gasteiger partial charge in [0.1, 0.15) is 0 Å². The molecule has 0 spiro atoms. The maximum Gasteiger partial charge on any atom is 0.266 e. The molecule has 5 heteroatoms. The molecule has 1 aliphatic rings. The normalized spacial score (nSPS) is 14.7. The Morgan fingerprint density at radius 1 is 0.862 bits per heavy atom. The first-order chi connectivity index (χ1) is 13.7. The minimum atomic E-state index is -0.493. The summed E-state index contributed by atoms with van der Waals surface area (Å²) in [6, 6.07) is 15.8. The zero-order valence-electron chi connectivity index (χ0n) is 17.3. The molecule has 1 aliphatic heterocycles. The summed E-state index contributed by atoms with van der Waals surface area (Å²) in [5.41, 5.74) is 3.69. The lowest BCUT2D eigenvalue weighted by Gasteiger charge is -2.32. The number of hydrogen-bond donors (Lipinski definition) is 0. The van der Waals surface area contributed by atoms with E-state index >= 15 is 0 Å². The van der Waals surface area contributed by atoms with Crippen molar-refractivity contribution in [3.05, 3.63) is 92.2 Å². The molecule has 1 aromatic heterocycles. The number of allylic oxidation sites excluding steroid dienone is 2. The third-order valence-electron chi connectivity index (χ3n) is 5.40. The fourth-order valence-corrected chi connectivity index (χ4v) is 4.42. The molecule has 148 valence electrons. The molecule has 2 aromatic carbocycles. The van der Waals surface area contributed by atoms with Gasteiger partial charge < -0.3 is 4.74 Å². The minimum Gasteiger partial charge on any atom is -0.445 e. The summed E-state index contributed by atoms with van der Waals surface area (Å²) >= 11 is 5.89. The van der Waals surface area contributed by atoms with E-state index in [9.17, 15) is 4.79 Å². The molecule has 0 aliphatic carbocycles. The molecule has 3 aromatic rings. The van der Waals surface area contributed by atoms with Gasteiger partial charge in [-0.1, -0.05) is 50.2 Å². The van der Waals surface area contributed by atoms with Gasteiger partial charge in [0.15, 0.2) is 4.77 Å². The quantitative estimate of drug-likeness (QED) is 0.526. The first kappa shape index (κ1) is 19.4. The highest BCUT2D eigenvalue weighted by molar-refractivity contribution is 7.71. The van der Waals surface area contributed by atoms with Crippen LogP contribution in [0.2, 0.25) is 0 Å². The lowest BCUT2D eigenvalue weighted by Crippen LogP contribution is -2.37. The molecule has 0 amide bonds. The first-order valence-corrected chi connectivity index (χ1v) is 10.0. The summed E-state index contributed by atoms with van der Waals surface area (Å²) in [5.74, 6) is 1.26. The number of rotatable bonds is 2. The Morgan fingerprint density at radius 2 is 1.38 bits per heavy atom. The summed E-state index contributed by atoms with van der Waals surface area (Å²) in [6.07, 6.45) is 1.99. The lowest BCUT2D eigenvalue weighted by molar-refractivity contribution is 0.351. The molecule has 0 N–H and O–H groups in total. The molecule has 0 saturated heterocycles. The third kappa shape index (κ3) is 3.06. The van der Waals surface area contributed by atoms with Crippen LogP contribution in [0.15, 0.2) is 65.2 Å². The highest BCUT2D eigenvalue weighted by Gasteiger charge is 2.35. The van der Waals surface area contributed by atoms with Crippen LogP contribution < -0.4 is 10.3 Å². The predicted octanol–water partition coefficient (Wildman–Crippen LogP) is 5.55. The Balaban J connectivity index is 2.23. The van der Waals surface area contributed by atoms with Crippen LogP contribution >= 0.6 is 12.2 Å². The number of aryl methyl sites for hydroxylation is 2. The van der Waals surface area contributed by atoms with Gasteiger partial charge in [-0.2, -0.15) is 0 Å². The van der Waals surface area contributed by atoms with Crippen molar-refractivity contribution in [2.75, 3.05) is 0 Å². The van der Waals surface area contributed by atoms with Crippen LogP contribution in [0.3, 0.4) is 0 Å². The van der Waals surface area contributed by atoms with Crippen LogP contribution in [0.25, 0.3) is 11.4 Å². The van der Waals surface area contributed by atoms with Crippen molar-refractivity contribution in [3.8, 4) is 17.3 Å². The van der Waals surface area contributed by atoms with Crippen molar-refractivity contribution in [1.82, 2.24) is 9.13 Å². The van der Waals surface area contributed by atoms with Crippen molar-refractivity contribution in [1.29, 1.82) is 0 Å². The number of benzene rings is 2. The average molecular weight is 405 g/mol. The molecule has 0 bridgehead atoms. The molecule has 0 atom stereocenters. The second-order valence-corrected chi connectivity index (χ2v) is 8.46. The highest BCUT2D eigenvalue weighted by Crippen LogP contribution is 2.38. The van der Waals surface area contributed by atoms with Crippen molar-refractivity contribution in [2.24, 2.45) is 0 Å². The molecule has 4 nitrogen and oxygen atoms in total.